The minimum Gasteiger partial charge on any atom is -0.351 e. The number of aromatic nitrogens is 2. The van der Waals surface area contributed by atoms with E-state index in [4.69, 9.17) is 23.2 Å². The molecule has 1 fully saturated rings. The number of aryl methyl sites for hydroxylation is 1. The van der Waals surface area contributed by atoms with E-state index >= 15 is 0 Å². The summed E-state index contributed by atoms with van der Waals surface area (Å²) in [6, 6.07) is 7.43. The van der Waals surface area contributed by atoms with Crippen LogP contribution < -0.4 is 5.32 Å². The van der Waals surface area contributed by atoms with Crippen LogP contribution in [0.25, 0.3) is 10.2 Å². The Morgan fingerprint density at radius 3 is 2.69 bits per heavy atom. The molecule has 9 heteroatoms. The third kappa shape index (κ3) is 5.64. The first-order valence-electron chi connectivity index (χ1n) is 11.0. The number of piperazine rings is 1. The van der Waals surface area contributed by atoms with Gasteiger partial charge in [-0.3, -0.25) is 9.48 Å². The summed E-state index contributed by atoms with van der Waals surface area (Å²) in [5.41, 5.74) is 1.85. The molecule has 1 N–H and O–H groups in total. The molecule has 1 aliphatic heterocycles. The molecule has 0 radical (unpaired) electrons. The molecule has 1 aliphatic rings. The molecule has 0 aliphatic carbocycles. The van der Waals surface area contributed by atoms with Crippen LogP contribution in [0.15, 0.2) is 24.3 Å². The number of rotatable bonds is 8. The topological polar surface area (TPSA) is 53.4 Å². The smallest absolute Gasteiger partial charge is 0.261 e. The number of halogens is 2. The predicted octanol–water partition coefficient (Wildman–Crippen LogP) is 4.52. The van der Waals surface area contributed by atoms with Crippen molar-refractivity contribution in [1.29, 1.82) is 0 Å². The highest BCUT2D eigenvalue weighted by atomic mass is 35.5. The second-order valence-electron chi connectivity index (χ2n) is 8.42. The van der Waals surface area contributed by atoms with Crippen molar-refractivity contribution in [2.45, 2.75) is 26.3 Å². The predicted molar refractivity (Wildman–Crippen MR) is 133 cm³/mol. The van der Waals surface area contributed by atoms with Crippen LogP contribution in [0.2, 0.25) is 10.0 Å². The number of nitrogens with one attached hydrogen (secondary N) is 1. The quantitative estimate of drug-likeness (QED) is 0.468. The molecule has 6 nitrogen and oxygen atoms in total. The van der Waals surface area contributed by atoms with Crippen molar-refractivity contribution in [3.05, 3.63) is 50.4 Å². The average Bonchev–Trinajstić information content (AvgIpc) is 3.32. The van der Waals surface area contributed by atoms with Crippen LogP contribution in [0, 0.1) is 6.92 Å². The Morgan fingerprint density at radius 2 is 1.94 bits per heavy atom. The van der Waals surface area contributed by atoms with Gasteiger partial charge in [-0.25, -0.2) is 0 Å². The molecule has 0 spiro atoms. The molecule has 0 bridgehead atoms. The van der Waals surface area contributed by atoms with Gasteiger partial charge in [0.2, 0.25) is 0 Å². The van der Waals surface area contributed by atoms with Crippen LogP contribution in [-0.2, 0) is 6.54 Å². The maximum Gasteiger partial charge on any atom is 0.261 e. The van der Waals surface area contributed by atoms with Crippen molar-refractivity contribution in [2.75, 3.05) is 46.3 Å². The summed E-state index contributed by atoms with van der Waals surface area (Å²) < 4.78 is 1.91. The zero-order valence-electron chi connectivity index (χ0n) is 18.5. The zero-order chi connectivity index (χ0) is 22.7. The van der Waals surface area contributed by atoms with Crippen molar-refractivity contribution < 1.29 is 4.79 Å². The van der Waals surface area contributed by atoms with Crippen molar-refractivity contribution in [1.82, 2.24) is 24.9 Å². The minimum atomic E-state index is -0.0127. The molecule has 0 saturated carbocycles. The Labute approximate surface area is 203 Å². The van der Waals surface area contributed by atoms with E-state index in [1.165, 1.54) is 11.3 Å². The fraction of sp³-hybridized carbons (Fsp3) is 0.478. The molecule has 2 aromatic heterocycles. The molecule has 0 unspecified atom stereocenters. The van der Waals surface area contributed by atoms with Gasteiger partial charge in [0.1, 0.15) is 4.83 Å². The third-order valence-corrected chi connectivity index (χ3v) is 7.68. The van der Waals surface area contributed by atoms with Crippen LogP contribution in [-0.4, -0.2) is 71.8 Å². The highest BCUT2D eigenvalue weighted by Gasteiger charge is 2.17. The van der Waals surface area contributed by atoms with Gasteiger partial charge in [0.15, 0.2) is 0 Å². The van der Waals surface area contributed by atoms with Crippen LogP contribution in [0.5, 0.6) is 0 Å². The van der Waals surface area contributed by atoms with Gasteiger partial charge in [-0.15, -0.1) is 11.3 Å². The number of hydrogen-bond acceptors (Lipinski definition) is 5. The SMILES string of the molecule is Cc1nn(Cc2ccc(Cl)cc2Cl)c2sc(C(=O)NCCCCN3CCN(C)CC3)cc12. The highest BCUT2D eigenvalue weighted by molar-refractivity contribution is 7.20. The Morgan fingerprint density at radius 1 is 1.16 bits per heavy atom. The van der Waals surface area contributed by atoms with Gasteiger partial charge in [0.05, 0.1) is 17.1 Å². The van der Waals surface area contributed by atoms with E-state index < -0.39 is 0 Å². The molecular weight excluding hydrogens is 465 g/mol. The maximum atomic E-state index is 12.7. The maximum absolute atomic E-state index is 12.7. The number of carbonyl (C=O) groups is 1. The Balaban J connectivity index is 1.32. The van der Waals surface area contributed by atoms with Crippen LogP contribution in [0.4, 0.5) is 0 Å². The summed E-state index contributed by atoms with van der Waals surface area (Å²) >= 11 is 13.8. The molecular formula is C23H29Cl2N5OS. The molecule has 3 heterocycles. The second kappa shape index (κ2) is 10.5. The summed E-state index contributed by atoms with van der Waals surface area (Å²) in [6.07, 6.45) is 2.09. The fourth-order valence-electron chi connectivity index (χ4n) is 3.96. The van der Waals surface area contributed by atoms with Crippen molar-refractivity contribution in [3.63, 3.8) is 0 Å². The molecule has 32 heavy (non-hydrogen) atoms. The largest absolute Gasteiger partial charge is 0.351 e. The summed E-state index contributed by atoms with van der Waals surface area (Å²) in [5, 5.41) is 9.96. The number of amides is 1. The Bertz CT molecular complexity index is 1090. The van der Waals surface area contributed by atoms with Gasteiger partial charge < -0.3 is 15.1 Å². The molecule has 0 atom stereocenters. The molecule has 172 valence electrons. The standard InChI is InChI=1S/C23H29Cl2N5OS/c1-16-19-14-21(22(31)26-7-3-4-8-29-11-9-28(2)10-12-29)32-23(19)30(27-16)15-17-5-6-18(24)13-20(17)25/h5-6,13-14H,3-4,7-12,15H2,1-2H3,(H,26,31). The van der Waals surface area contributed by atoms with Gasteiger partial charge >= 0.3 is 0 Å². The van der Waals surface area contributed by atoms with Gasteiger partial charge in [-0.05, 0) is 57.1 Å². The fourth-order valence-corrected chi connectivity index (χ4v) is 5.51. The average molecular weight is 494 g/mol. The Hall–Kier alpha value is -1.64. The van der Waals surface area contributed by atoms with E-state index in [1.807, 2.05) is 29.8 Å². The monoisotopic (exact) mass is 493 g/mol. The normalized spacial score (nSPS) is 15.5. The van der Waals surface area contributed by atoms with Crippen LogP contribution in [0.1, 0.15) is 33.8 Å². The number of hydrogen-bond donors (Lipinski definition) is 1. The van der Waals surface area contributed by atoms with Gasteiger partial charge in [0, 0.05) is 48.2 Å². The molecule has 1 saturated heterocycles. The summed E-state index contributed by atoms with van der Waals surface area (Å²) in [5.74, 6) is -0.0127. The molecule has 1 aromatic carbocycles. The number of benzene rings is 1. The van der Waals surface area contributed by atoms with Gasteiger partial charge in [-0.1, -0.05) is 29.3 Å². The first-order valence-corrected chi connectivity index (χ1v) is 12.6. The first-order chi connectivity index (χ1) is 15.4. The Kier molecular flexibility index (Phi) is 7.74. The summed E-state index contributed by atoms with van der Waals surface area (Å²) in [6.45, 7) is 8.88. The van der Waals surface area contributed by atoms with E-state index in [9.17, 15) is 4.79 Å². The van der Waals surface area contributed by atoms with E-state index in [0.29, 0.717) is 23.1 Å². The highest BCUT2D eigenvalue weighted by Crippen LogP contribution is 2.30. The van der Waals surface area contributed by atoms with Gasteiger partial charge in [-0.2, -0.15) is 5.10 Å². The number of thiophene rings is 1. The molecule has 4 rings (SSSR count). The van der Waals surface area contributed by atoms with Crippen molar-refractivity contribution in [3.8, 4) is 0 Å². The van der Waals surface area contributed by atoms with Crippen molar-refractivity contribution in [2.24, 2.45) is 0 Å². The number of unbranched alkanes of at least 4 members (excludes halogenated alkanes) is 1. The number of nitrogens with zero attached hydrogens (tertiary/aromatic N) is 4. The van der Waals surface area contributed by atoms with Crippen LogP contribution in [0.3, 0.4) is 0 Å². The molecule has 1 amide bonds. The van der Waals surface area contributed by atoms with E-state index in [0.717, 1.165) is 71.9 Å². The van der Waals surface area contributed by atoms with Gasteiger partial charge in [0.25, 0.3) is 5.91 Å². The first kappa shape index (κ1) is 23.5. The lowest BCUT2D eigenvalue weighted by Gasteiger charge is -2.32. The zero-order valence-corrected chi connectivity index (χ0v) is 20.9. The summed E-state index contributed by atoms with van der Waals surface area (Å²) in [4.78, 5) is 19.3. The minimum absolute atomic E-state index is 0.0127. The van der Waals surface area contributed by atoms with Crippen LogP contribution >= 0.6 is 34.5 Å². The van der Waals surface area contributed by atoms with E-state index in [-0.39, 0.29) is 5.91 Å². The number of likely N-dealkylation sites (N-methyl/N-ethyl adjacent to an activating group) is 1. The number of carbonyl (C=O) groups excluding carboxylic acids is 1. The third-order valence-electron chi connectivity index (χ3n) is 5.95. The van der Waals surface area contributed by atoms with E-state index in [2.05, 4.69) is 27.3 Å². The van der Waals surface area contributed by atoms with E-state index in [1.54, 1.807) is 6.07 Å². The second-order valence-corrected chi connectivity index (χ2v) is 10.3. The van der Waals surface area contributed by atoms with Crippen molar-refractivity contribution >= 4 is 50.7 Å². The number of fused-ring (bicyclic) bond motifs is 1. The lowest BCUT2D eigenvalue weighted by atomic mass is 10.2. The lowest BCUT2D eigenvalue weighted by molar-refractivity contribution is 0.0956. The lowest BCUT2D eigenvalue weighted by Crippen LogP contribution is -2.44. The summed E-state index contributed by atoms with van der Waals surface area (Å²) in [7, 11) is 2.17. The molecule has 3 aromatic rings.